The van der Waals surface area contributed by atoms with E-state index in [1.54, 1.807) is 18.2 Å². The number of carbonyl (C=O) groups is 3. The summed E-state index contributed by atoms with van der Waals surface area (Å²) in [5.41, 5.74) is -1.53. The first-order valence-electron chi connectivity index (χ1n) is 11.2. The van der Waals surface area contributed by atoms with Crippen LogP contribution in [0.5, 0.6) is 0 Å². The molecule has 0 aliphatic carbocycles. The number of rotatable bonds is 10. The maximum atomic E-state index is 12.9. The Bertz CT molecular complexity index is 1270. The van der Waals surface area contributed by atoms with Crippen LogP contribution < -0.4 is 10.2 Å². The van der Waals surface area contributed by atoms with Crippen molar-refractivity contribution in [3.05, 3.63) is 36.4 Å². The fraction of sp³-hybridized carbons (Fsp3) is 0.400. The molecule has 0 heterocycles. The second-order valence-corrected chi connectivity index (χ2v) is 9.31. The molecule has 0 saturated heterocycles. The lowest BCUT2D eigenvalue weighted by Gasteiger charge is -2.24. The van der Waals surface area contributed by atoms with E-state index in [1.165, 1.54) is 19.9 Å². The molecule has 36 heavy (non-hydrogen) atoms. The second kappa shape index (κ2) is 12.4. The van der Waals surface area contributed by atoms with Gasteiger partial charge in [-0.3, -0.25) is 8.98 Å². The molecule has 0 aliphatic heterocycles. The quantitative estimate of drug-likeness (QED) is 0.165. The molecule has 1 N–H and O–H groups in total. The van der Waals surface area contributed by atoms with Crippen molar-refractivity contribution in [3.8, 4) is 11.8 Å². The van der Waals surface area contributed by atoms with Gasteiger partial charge in [-0.05, 0) is 26.0 Å². The zero-order valence-corrected chi connectivity index (χ0v) is 21.7. The third-order valence-electron chi connectivity index (χ3n) is 4.88. The van der Waals surface area contributed by atoms with Crippen molar-refractivity contribution in [2.45, 2.75) is 37.6 Å². The standard InChI is InChI=1S/C25H30N2O8S/c1-6-33-23(29)25(26-18(3)28,24(30)34-7-2)16-8-9-17-35-36(31,32)22-15-11-12-19-20(22)13-10-14-21(19)27(4)5/h10-15H,6-7,9,17H2,1-5H3,(H,26,28). The van der Waals surface area contributed by atoms with Gasteiger partial charge >= 0.3 is 11.9 Å². The number of ether oxygens (including phenoxy) is 2. The van der Waals surface area contributed by atoms with E-state index in [2.05, 4.69) is 17.2 Å². The van der Waals surface area contributed by atoms with E-state index < -0.39 is 33.5 Å². The Balaban J connectivity index is 2.29. The Kier molecular flexibility index (Phi) is 9.84. The molecule has 0 aromatic heterocycles. The highest BCUT2D eigenvalue weighted by atomic mass is 32.2. The Hall–Kier alpha value is -3.62. The number of carbonyl (C=O) groups excluding carboxylic acids is 3. The van der Waals surface area contributed by atoms with Crippen molar-refractivity contribution in [1.29, 1.82) is 0 Å². The Morgan fingerprint density at radius 2 is 1.56 bits per heavy atom. The number of hydrogen-bond donors (Lipinski definition) is 1. The summed E-state index contributed by atoms with van der Waals surface area (Å²) < 4.78 is 40.9. The predicted molar refractivity (Wildman–Crippen MR) is 134 cm³/mol. The number of nitrogens with zero attached hydrogens (tertiary/aromatic N) is 1. The lowest BCUT2D eigenvalue weighted by Crippen LogP contribution is -2.60. The van der Waals surface area contributed by atoms with E-state index in [0.29, 0.717) is 5.39 Å². The molecule has 10 nitrogen and oxygen atoms in total. The van der Waals surface area contributed by atoms with E-state index >= 15 is 0 Å². The van der Waals surface area contributed by atoms with Crippen molar-refractivity contribution in [3.63, 3.8) is 0 Å². The van der Waals surface area contributed by atoms with Crippen LogP contribution in [0.25, 0.3) is 10.8 Å². The van der Waals surface area contributed by atoms with Gasteiger partial charge in [0, 0.05) is 43.9 Å². The molecule has 2 aromatic rings. The van der Waals surface area contributed by atoms with Crippen LogP contribution in [0.3, 0.4) is 0 Å². The number of esters is 2. The Morgan fingerprint density at radius 1 is 0.972 bits per heavy atom. The third kappa shape index (κ3) is 6.53. The summed E-state index contributed by atoms with van der Waals surface area (Å²) in [4.78, 5) is 38.7. The number of benzene rings is 2. The van der Waals surface area contributed by atoms with Gasteiger partial charge in [-0.2, -0.15) is 8.42 Å². The zero-order valence-electron chi connectivity index (χ0n) is 20.9. The van der Waals surface area contributed by atoms with Crippen LogP contribution >= 0.6 is 0 Å². The monoisotopic (exact) mass is 518 g/mol. The van der Waals surface area contributed by atoms with E-state index in [-0.39, 0.29) is 31.1 Å². The molecule has 0 fully saturated rings. The Labute approximate surface area is 211 Å². The number of hydrogen-bond acceptors (Lipinski definition) is 9. The number of anilines is 1. The smallest absolute Gasteiger partial charge is 0.356 e. The molecular weight excluding hydrogens is 488 g/mol. The number of nitrogens with one attached hydrogen (secondary N) is 1. The van der Waals surface area contributed by atoms with E-state index in [1.807, 2.05) is 31.1 Å². The van der Waals surface area contributed by atoms with Crippen molar-refractivity contribution in [2.24, 2.45) is 0 Å². The summed E-state index contributed by atoms with van der Waals surface area (Å²) in [7, 11) is -0.434. The van der Waals surface area contributed by atoms with Crippen molar-refractivity contribution >= 4 is 44.4 Å². The SMILES string of the molecule is CCOC(=O)C(C#CCCOS(=O)(=O)c1cccc2c(N(C)C)cccc12)(NC(C)=O)C(=O)OCC. The number of amides is 1. The van der Waals surface area contributed by atoms with Gasteiger partial charge in [0.15, 0.2) is 0 Å². The van der Waals surface area contributed by atoms with E-state index in [9.17, 15) is 22.8 Å². The molecule has 2 aromatic carbocycles. The van der Waals surface area contributed by atoms with Crippen LogP contribution in [0, 0.1) is 11.8 Å². The Morgan fingerprint density at radius 3 is 2.11 bits per heavy atom. The minimum Gasteiger partial charge on any atom is -0.463 e. The molecule has 2 rings (SSSR count). The lowest BCUT2D eigenvalue weighted by molar-refractivity contribution is -0.164. The van der Waals surface area contributed by atoms with Gasteiger partial charge in [0.2, 0.25) is 5.91 Å². The maximum absolute atomic E-state index is 12.9. The minimum atomic E-state index is -4.15. The highest BCUT2D eigenvalue weighted by molar-refractivity contribution is 7.87. The van der Waals surface area contributed by atoms with Crippen LogP contribution in [0.4, 0.5) is 5.69 Å². The molecule has 0 spiro atoms. The lowest BCUT2D eigenvalue weighted by atomic mass is 10.00. The molecule has 0 radical (unpaired) electrons. The fourth-order valence-electron chi connectivity index (χ4n) is 3.39. The van der Waals surface area contributed by atoms with Crippen LogP contribution in [0.2, 0.25) is 0 Å². The van der Waals surface area contributed by atoms with Gasteiger partial charge in [0.25, 0.3) is 15.7 Å². The largest absolute Gasteiger partial charge is 0.463 e. The number of fused-ring (bicyclic) bond motifs is 1. The van der Waals surface area contributed by atoms with Crippen LogP contribution in [0.1, 0.15) is 27.2 Å². The first kappa shape index (κ1) is 28.6. The maximum Gasteiger partial charge on any atom is 0.356 e. The summed E-state index contributed by atoms with van der Waals surface area (Å²) in [6.07, 6.45) is -0.174. The van der Waals surface area contributed by atoms with Gasteiger partial charge in [0.1, 0.15) is 4.90 Å². The first-order chi connectivity index (χ1) is 17.0. The summed E-state index contributed by atoms with van der Waals surface area (Å²) in [5.74, 6) is 2.01. The summed E-state index contributed by atoms with van der Waals surface area (Å²) in [5, 5.41) is 3.46. The predicted octanol–water partition coefficient (Wildman–Crippen LogP) is 2.01. The van der Waals surface area contributed by atoms with Gasteiger partial charge < -0.3 is 19.7 Å². The molecule has 0 bridgehead atoms. The van der Waals surface area contributed by atoms with Crippen molar-refractivity contribution in [2.75, 3.05) is 38.8 Å². The van der Waals surface area contributed by atoms with Gasteiger partial charge in [0.05, 0.1) is 19.8 Å². The van der Waals surface area contributed by atoms with Gasteiger partial charge in [-0.15, -0.1) is 0 Å². The molecule has 0 unspecified atom stereocenters. The molecule has 1 amide bonds. The summed E-state index contributed by atoms with van der Waals surface area (Å²) in [6, 6.07) is 10.2. The summed E-state index contributed by atoms with van der Waals surface area (Å²) >= 11 is 0. The van der Waals surface area contributed by atoms with Crippen LogP contribution in [-0.2, 0) is 38.2 Å². The molecular formula is C25H30N2O8S. The zero-order chi connectivity index (χ0) is 26.9. The first-order valence-corrected chi connectivity index (χ1v) is 12.6. The topological polar surface area (TPSA) is 128 Å². The molecule has 0 saturated carbocycles. The van der Waals surface area contributed by atoms with Crippen molar-refractivity contribution in [1.82, 2.24) is 5.32 Å². The molecule has 0 aliphatic rings. The molecule has 11 heteroatoms. The highest BCUT2D eigenvalue weighted by Crippen LogP contribution is 2.30. The highest BCUT2D eigenvalue weighted by Gasteiger charge is 2.49. The average molecular weight is 519 g/mol. The van der Waals surface area contributed by atoms with Crippen LogP contribution in [-0.4, -0.2) is 65.7 Å². The van der Waals surface area contributed by atoms with E-state index in [0.717, 1.165) is 18.0 Å². The van der Waals surface area contributed by atoms with Gasteiger partial charge in [-0.25, -0.2) is 9.59 Å². The fourth-order valence-corrected chi connectivity index (χ4v) is 4.52. The summed E-state index contributed by atoms with van der Waals surface area (Å²) in [6.45, 7) is 3.68. The van der Waals surface area contributed by atoms with E-state index in [4.69, 9.17) is 13.7 Å². The van der Waals surface area contributed by atoms with Crippen LogP contribution in [0.15, 0.2) is 41.3 Å². The minimum absolute atomic E-state index is 0.00213. The normalized spacial score (nSPS) is 11.2. The molecule has 194 valence electrons. The molecule has 0 atom stereocenters. The average Bonchev–Trinajstić information content (AvgIpc) is 2.82. The van der Waals surface area contributed by atoms with Crippen molar-refractivity contribution < 1.29 is 36.5 Å². The van der Waals surface area contributed by atoms with Gasteiger partial charge in [-0.1, -0.05) is 36.1 Å². The second-order valence-electron chi connectivity index (χ2n) is 7.72. The third-order valence-corrected chi connectivity index (χ3v) is 6.25.